The fourth-order valence-corrected chi connectivity index (χ4v) is 0.823. The Morgan fingerprint density at radius 3 is 2.80 bits per heavy atom. The summed E-state index contributed by atoms with van der Waals surface area (Å²) in [4.78, 5) is 8.52. The molecule has 0 rings (SSSR count). The molecule has 1 N–H and O–H groups in total. The minimum atomic E-state index is -4.07. The molecule has 4 nitrogen and oxygen atoms in total. The van der Waals surface area contributed by atoms with Gasteiger partial charge in [0.2, 0.25) is 0 Å². The van der Waals surface area contributed by atoms with Gasteiger partial charge in [0, 0.05) is 0 Å². The summed E-state index contributed by atoms with van der Waals surface area (Å²) in [5.41, 5.74) is 0. The largest absolute Gasteiger partial charge is 0.526 e. The standard InChI is InChI=1S/C4H8FO4P/c1-2-8-10(6,7)9-4-3-5/h2H,1,3-4H2,(H,6,7). The topological polar surface area (TPSA) is 55.8 Å². The lowest BCUT2D eigenvalue weighted by atomic mass is 10.9. The number of phosphoric ester groups is 1. The molecule has 0 aliphatic heterocycles. The minimum absolute atomic E-state index is 0.457. The van der Waals surface area contributed by atoms with Crippen LogP contribution in [-0.2, 0) is 13.6 Å². The molecule has 0 aliphatic carbocycles. The van der Waals surface area contributed by atoms with Gasteiger partial charge in [-0.2, -0.15) is 0 Å². The van der Waals surface area contributed by atoms with Crippen LogP contribution in [0, 0.1) is 0 Å². The van der Waals surface area contributed by atoms with Gasteiger partial charge in [-0.15, -0.1) is 0 Å². The van der Waals surface area contributed by atoms with Crippen LogP contribution >= 0.6 is 7.82 Å². The van der Waals surface area contributed by atoms with Crippen LogP contribution in [0.15, 0.2) is 12.8 Å². The lowest BCUT2D eigenvalue weighted by molar-refractivity contribution is 0.175. The first-order valence-corrected chi connectivity index (χ1v) is 3.94. The summed E-state index contributed by atoms with van der Waals surface area (Å²) in [6.45, 7) is 1.74. The second kappa shape index (κ2) is 4.44. The number of rotatable bonds is 5. The highest BCUT2D eigenvalue weighted by molar-refractivity contribution is 7.47. The number of phosphoric acid groups is 1. The number of hydrogen-bond donors (Lipinski definition) is 1. The highest BCUT2D eigenvalue weighted by Crippen LogP contribution is 2.42. The van der Waals surface area contributed by atoms with Gasteiger partial charge in [0.25, 0.3) is 0 Å². The van der Waals surface area contributed by atoms with Gasteiger partial charge >= 0.3 is 7.82 Å². The minimum Gasteiger partial charge on any atom is -0.413 e. The lowest BCUT2D eigenvalue weighted by Gasteiger charge is -2.07. The van der Waals surface area contributed by atoms with E-state index < -0.39 is 21.1 Å². The maximum absolute atomic E-state index is 11.3. The van der Waals surface area contributed by atoms with Gasteiger partial charge in [-0.1, -0.05) is 6.58 Å². The summed E-state index contributed by atoms with van der Waals surface area (Å²) in [6.07, 6.45) is 0.763. The molecule has 0 aromatic carbocycles. The highest BCUT2D eigenvalue weighted by Gasteiger charge is 2.19. The predicted molar refractivity (Wildman–Crippen MR) is 33.0 cm³/mol. The van der Waals surface area contributed by atoms with Crippen molar-refractivity contribution in [3.05, 3.63) is 12.8 Å². The van der Waals surface area contributed by atoms with E-state index in [1.54, 1.807) is 0 Å². The number of hydrogen-bond acceptors (Lipinski definition) is 3. The average Bonchev–Trinajstić information content (AvgIpc) is 1.84. The quantitative estimate of drug-likeness (QED) is 0.498. The summed E-state index contributed by atoms with van der Waals surface area (Å²) < 4.78 is 29.9. The van der Waals surface area contributed by atoms with Gasteiger partial charge in [0.05, 0.1) is 12.9 Å². The Balaban J connectivity index is 3.63. The molecule has 0 radical (unpaired) electrons. The molecule has 0 aromatic rings. The summed E-state index contributed by atoms with van der Waals surface area (Å²) in [5.74, 6) is 0. The van der Waals surface area contributed by atoms with Gasteiger partial charge in [0.15, 0.2) is 0 Å². The molecule has 6 heteroatoms. The van der Waals surface area contributed by atoms with Crippen molar-refractivity contribution < 1.29 is 22.9 Å². The van der Waals surface area contributed by atoms with Crippen molar-refractivity contribution in [1.29, 1.82) is 0 Å². The molecule has 10 heavy (non-hydrogen) atoms. The first kappa shape index (κ1) is 9.62. The molecule has 0 aromatic heterocycles. The van der Waals surface area contributed by atoms with Crippen molar-refractivity contribution >= 4 is 7.82 Å². The second-order valence-electron chi connectivity index (χ2n) is 1.26. The molecule has 0 amide bonds. The summed E-state index contributed by atoms with van der Waals surface area (Å²) in [7, 11) is -4.07. The molecule has 0 saturated heterocycles. The highest BCUT2D eigenvalue weighted by atomic mass is 31.2. The van der Waals surface area contributed by atoms with Crippen LogP contribution in [0.5, 0.6) is 0 Å². The zero-order valence-electron chi connectivity index (χ0n) is 5.20. The maximum atomic E-state index is 11.3. The van der Waals surface area contributed by atoms with Crippen LogP contribution in [-0.4, -0.2) is 18.2 Å². The Kier molecular flexibility index (Phi) is 4.27. The molecule has 60 valence electrons. The molecule has 0 saturated carbocycles. The number of halogens is 1. The first-order valence-electron chi connectivity index (χ1n) is 2.45. The SMILES string of the molecule is C=COP(=O)(O)OCCF. The Hall–Kier alpha value is -0.380. The molecule has 0 bridgehead atoms. The van der Waals surface area contributed by atoms with E-state index in [4.69, 9.17) is 4.89 Å². The zero-order chi connectivity index (χ0) is 8.04. The molecular weight excluding hydrogens is 162 g/mol. The molecule has 1 unspecified atom stereocenters. The van der Waals surface area contributed by atoms with E-state index in [0.29, 0.717) is 0 Å². The van der Waals surface area contributed by atoms with E-state index in [9.17, 15) is 8.96 Å². The lowest BCUT2D eigenvalue weighted by Crippen LogP contribution is -1.94. The van der Waals surface area contributed by atoms with Crippen LogP contribution in [0.4, 0.5) is 4.39 Å². The van der Waals surface area contributed by atoms with E-state index in [-0.39, 0.29) is 0 Å². The first-order chi connectivity index (χ1) is 4.62. The third-order valence-corrected chi connectivity index (χ3v) is 1.46. The maximum Gasteiger partial charge on any atom is 0.526 e. The third-order valence-electron chi connectivity index (χ3n) is 0.539. The number of alkyl halides is 1. The Morgan fingerprint density at radius 2 is 2.40 bits per heavy atom. The fraction of sp³-hybridized carbons (Fsp3) is 0.500. The van der Waals surface area contributed by atoms with Crippen molar-refractivity contribution in [1.82, 2.24) is 0 Å². The van der Waals surface area contributed by atoms with Gasteiger partial charge < -0.3 is 4.52 Å². The van der Waals surface area contributed by atoms with Gasteiger partial charge in [0.1, 0.15) is 6.67 Å². The monoisotopic (exact) mass is 170 g/mol. The second-order valence-corrected chi connectivity index (χ2v) is 2.67. The van der Waals surface area contributed by atoms with E-state index in [1.807, 2.05) is 0 Å². The van der Waals surface area contributed by atoms with Crippen molar-refractivity contribution in [3.63, 3.8) is 0 Å². The van der Waals surface area contributed by atoms with Crippen LogP contribution in [0.3, 0.4) is 0 Å². The van der Waals surface area contributed by atoms with Crippen LogP contribution in [0.2, 0.25) is 0 Å². The van der Waals surface area contributed by atoms with Gasteiger partial charge in [-0.25, -0.2) is 8.96 Å². The van der Waals surface area contributed by atoms with Crippen LogP contribution in [0.1, 0.15) is 0 Å². The molecule has 1 atom stereocenters. The third kappa shape index (κ3) is 4.49. The van der Waals surface area contributed by atoms with Crippen molar-refractivity contribution in [2.24, 2.45) is 0 Å². The molecule has 0 aliphatic rings. The average molecular weight is 170 g/mol. The van der Waals surface area contributed by atoms with E-state index in [2.05, 4.69) is 15.6 Å². The molecule has 0 fully saturated rings. The Bertz CT molecular complexity index is 148. The van der Waals surface area contributed by atoms with Crippen LogP contribution < -0.4 is 0 Å². The molecule has 0 spiro atoms. The summed E-state index contributed by atoms with van der Waals surface area (Å²) in [5, 5.41) is 0. The van der Waals surface area contributed by atoms with E-state index in [0.717, 1.165) is 6.26 Å². The molecule has 0 heterocycles. The van der Waals surface area contributed by atoms with E-state index in [1.165, 1.54) is 0 Å². The fourth-order valence-electron chi connectivity index (χ4n) is 0.274. The Labute approximate surface area is 57.9 Å². The molecular formula is C4H8FO4P. The van der Waals surface area contributed by atoms with Crippen LogP contribution in [0.25, 0.3) is 0 Å². The van der Waals surface area contributed by atoms with Crippen molar-refractivity contribution in [2.45, 2.75) is 0 Å². The summed E-state index contributed by atoms with van der Waals surface area (Å²) >= 11 is 0. The predicted octanol–water partition coefficient (Wildman–Crippen LogP) is 1.23. The van der Waals surface area contributed by atoms with Gasteiger partial charge in [-0.05, 0) is 0 Å². The van der Waals surface area contributed by atoms with Gasteiger partial charge in [-0.3, -0.25) is 9.42 Å². The van der Waals surface area contributed by atoms with Crippen molar-refractivity contribution in [2.75, 3.05) is 13.3 Å². The van der Waals surface area contributed by atoms with Crippen molar-refractivity contribution in [3.8, 4) is 0 Å². The van der Waals surface area contributed by atoms with E-state index >= 15 is 0 Å². The Morgan fingerprint density at radius 1 is 1.80 bits per heavy atom. The normalized spacial score (nSPS) is 15.8. The summed E-state index contributed by atoms with van der Waals surface area (Å²) in [6, 6.07) is 0. The smallest absolute Gasteiger partial charge is 0.413 e. The zero-order valence-corrected chi connectivity index (χ0v) is 6.09.